The second-order valence-corrected chi connectivity index (χ2v) is 4.91. The van der Waals surface area contributed by atoms with Crippen molar-refractivity contribution in [1.29, 1.82) is 0 Å². The van der Waals surface area contributed by atoms with Crippen LogP contribution in [0.25, 0.3) is 0 Å². The van der Waals surface area contributed by atoms with Crippen LogP contribution in [0.4, 0.5) is 11.9 Å². The molecule has 0 radical (unpaired) electrons. The van der Waals surface area contributed by atoms with Gasteiger partial charge in [0.2, 0.25) is 11.9 Å². The van der Waals surface area contributed by atoms with E-state index in [1.165, 1.54) is 7.11 Å². The van der Waals surface area contributed by atoms with Crippen LogP contribution in [0.2, 0.25) is 0 Å². The largest absolute Gasteiger partial charge is 0.467 e. The summed E-state index contributed by atoms with van der Waals surface area (Å²) in [5, 5.41) is 15.5. The summed E-state index contributed by atoms with van der Waals surface area (Å²) in [5.41, 5.74) is 0.0108. The number of aliphatic hydroxyl groups excluding tert-OH is 1. The lowest BCUT2D eigenvalue weighted by atomic mass is 10.1. The molecular formula is C12H21N5O2. The van der Waals surface area contributed by atoms with Crippen LogP contribution in [-0.2, 0) is 0 Å². The van der Waals surface area contributed by atoms with Gasteiger partial charge >= 0.3 is 6.01 Å². The summed E-state index contributed by atoms with van der Waals surface area (Å²) in [6.45, 7) is 3.74. The lowest BCUT2D eigenvalue weighted by Crippen LogP contribution is -2.21. The Balaban J connectivity index is 2.01. The standard InChI is InChI=1S/C12H21N5O2/c1-3-6-13-9-15-10(17-11(16-9)19-2)14-7-12(8-18)4-5-12/h18H,3-8H2,1-2H3,(H2,13,14,15,16,17). The van der Waals surface area contributed by atoms with Gasteiger partial charge in [0.05, 0.1) is 13.7 Å². The predicted octanol–water partition coefficient (Wildman–Crippen LogP) is 0.886. The van der Waals surface area contributed by atoms with Crippen LogP contribution < -0.4 is 15.4 Å². The zero-order chi connectivity index (χ0) is 13.7. The number of hydrogen-bond acceptors (Lipinski definition) is 7. The molecule has 1 saturated carbocycles. The van der Waals surface area contributed by atoms with Gasteiger partial charge in [-0.3, -0.25) is 0 Å². The van der Waals surface area contributed by atoms with Gasteiger partial charge in [-0.2, -0.15) is 15.0 Å². The normalized spacial score (nSPS) is 15.9. The van der Waals surface area contributed by atoms with Gasteiger partial charge in [-0.05, 0) is 19.3 Å². The minimum atomic E-state index is 0.0108. The molecule has 7 heteroatoms. The highest BCUT2D eigenvalue weighted by atomic mass is 16.5. The van der Waals surface area contributed by atoms with E-state index in [-0.39, 0.29) is 18.0 Å². The second-order valence-electron chi connectivity index (χ2n) is 4.91. The molecule has 0 bridgehead atoms. The van der Waals surface area contributed by atoms with Gasteiger partial charge in [0, 0.05) is 18.5 Å². The molecule has 0 aromatic carbocycles. The Morgan fingerprint density at radius 2 is 1.89 bits per heavy atom. The van der Waals surface area contributed by atoms with Crippen molar-refractivity contribution in [3.05, 3.63) is 0 Å². The molecule has 0 amide bonds. The maximum atomic E-state index is 9.28. The quantitative estimate of drug-likeness (QED) is 0.644. The van der Waals surface area contributed by atoms with E-state index in [2.05, 4.69) is 32.5 Å². The fourth-order valence-electron chi connectivity index (χ4n) is 1.68. The molecule has 0 aliphatic heterocycles. The van der Waals surface area contributed by atoms with E-state index >= 15 is 0 Å². The SMILES string of the molecule is CCCNc1nc(NCC2(CO)CC2)nc(OC)n1. The number of aromatic nitrogens is 3. The van der Waals surface area contributed by atoms with Crippen molar-refractivity contribution in [3.63, 3.8) is 0 Å². The molecule has 0 spiro atoms. The third kappa shape index (κ3) is 3.66. The van der Waals surface area contributed by atoms with Crippen LogP contribution in [0.1, 0.15) is 26.2 Å². The molecule has 19 heavy (non-hydrogen) atoms. The van der Waals surface area contributed by atoms with E-state index in [4.69, 9.17) is 4.74 Å². The minimum absolute atomic E-state index is 0.0108. The summed E-state index contributed by atoms with van der Waals surface area (Å²) in [6.07, 6.45) is 3.07. The van der Waals surface area contributed by atoms with E-state index < -0.39 is 0 Å². The van der Waals surface area contributed by atoms with Crippen LogP contribution in [0.3, 0.4) is 0 Å². The molecule has 1 heterocycles. The number of methoxy groups -OCH3 is 1. The molecule has 1 aromatic heterocycles. The lowest BCUT2D eigenvalue weighted by molar-refractivity contribution is 0.219. The van der Waals surface area contributed by atoms with Crippen molar-refractivity contribution < 1.29 is 9.84 Å². The van der Waals surface area contributed by atoms with Crippen LogP contribution in [0.5, 0.6) is 6.01 Å². The highest BCUT2D eigenvalue weighted by Gasteiger charge is 2.41. The third-order valence-electron chi connectivity index (χ3n) is 3.24. The van der Waals surface area contributed by atoms with Crippen molar-refractivity contribution in [3.8, 4) is 6.01 Å². The van der Waals surface area contributed by atoms with E-state index in [1.807, 2.05) is 0 Å². The molecule has 106 valence electrons. The Hall–Kier alpha value is -1.63. The number of hydrogen-bond donors (Lipinski definition) is 3. The van der Waals surface area contributed by atoms with Gasteiger partial charge in [-0.1, -0.05) is 6.92 Å². The average Bonchev–Trinajstić information content (AvgIpc) is 3.23. The van der Waals surface area contributed by atoms with E-state index in [9.17, 15) is 5.11 Å². The van der Waals surface area contributed by atoms with Gasteiger partial charge < -0.3 is 20.5 Å². The van der Waals surface area contributed by atoms with Crippen LogP contribution in [-0.4, -0.2) is 46.9 Å². The average molecular weight is 267 g/mol. The van der Waals surface area contributed by atoms with E-state index in [0.29, 0.717) is 18.4 Å². The predicted molar refractivity (Wildman–Crippen MR) is 72.4 cm³/mol. The first-order valence-corrected chi connectivity index (χ1v) is 6.60. The fraction of sp³-hybridized carbons (Fsp3) is 0.750. The number of anilines is 2. The van der Waals surface area contributed by atoms with Gasteiger partial charge in [0.25, 0.3) is 0 Å². The second kappa shape index (κ2) is 6.01. The molecule has 1 aliphatic rings. The summed E-state index contributed by atoms with van der Waals surface area (Å²) in [4.78, 5) is 12.6. The van der Waals surface area contributed by atoms with Crippen molar-refractivity contribution in [1.82, 2.24) is 15.0 Å². The first-order chi connectivity index (χ1) is 9.21. The Bertz CT molecular complexity index is 423. The molecular weight excluding hydrogens is 246 g/mol. The third-order valence-corrected chi connectivity index (χ3v) is 3.24. The Morgan fingerprint density at radius 1 is 1.21 bits per heavy atom. The molecule has 7 nitrogen and oxygen atoms in total. The van der Waals surface area contributed by atoms with Crippen molar-refractivity contribution in [2.24, 2.45) is 5.41 Å². The molecule has 1 aliphatic carbocycles. The minimum Gasteiger partial charge on any atom is -0.467 e. The summed E-state index contributed by atoms with van der Waals surface area (Å²) in [7, 11) is 1.53. The van der Waals surface area contributed by atoms with Crippen LogP contribution in [0, 0.1) is 5.41 Å². The molecule has 3 N–H and O–H groups in total. The number of rotatable bonds is 8. The van der Waals surface area contributed by atoms with Crippen molar-refractivity contribution in [2.75, 3.05) is 37.4 Å². The number of ether oxygens (including phenoxy) is 1. The van der Waals surface area contributed by atoms with E-state index in [0.717, 1.165) is 25.8 Å². The van der Waals surface area contributed by atoms with Gasteiger partial charge in [-0.25, -0.2) is 0 Å². The molecule has 1 fully saturated rings. The van der Waals surface area contributed by atoms with Crippen LogP contribution >= 0.6 is 0 Å². The smallest absolute Gasteiger partial charge is 0.322 e. The number of aliphatic hydroxyl groups is 1. The fourth-order valence-corrected chi connectivity index (χ4v) is 1.68. The molecule has 2 rings (SSSR count). The highest BCUT2D eigenvalue weighted by molar-refractivity contribution is 5.36. The first kappa shape index (κ1) is 13.8. The summed E-state index contributed by atoms with van der Waals surface area (Å²) in [5.74, 6) is 0.982. The van der Waals surface area contributed by atoms with E-state index in [1.54, 1.807) is 0 Å². The molecule has 0 unspecified atom stereocenters. The molecule has 1 aromatic rings. The van der Waals surface area contributed by atoms with Gasteiger partial charge in [0.15, 0.2) is 0 Å². The zero-order valence-corrected chi connectivity index (χ0v) is 11.4. The number of nitrogens with one attached hydrogen (secondary N) is 2. The topological polar surface area (TPSA) is 92.2 Å². The van der Waals surface area contributed by atoms with Gasteiger partial charge in [0.1, 0.15) is 0 Å². The number of nitrogens with zero attached hydrogens (tertiary/aromatic N) is 3. The van der Waals surface area contributed by atoms with Gasteiger partial charge in [-0.15, -0.1) is 0 Å². The maximum Gasteiger partial charge on any atom is 0.322 e. The summed E-state index contributed by atoms with van der Waals surface area (Å²) in [6, 6.07) is 0.282. The van der Waals surface area contributed by atoms with Crippen molar-refractivity contribution in [2.45, 2.75) is 26.2 Å². The first-order valence-electron chi connectivity index (χ1n) is 6.60. The summed E-state index contributed by atoms with van der Waals surface area (Å²) >= 11 is 0. The Labute approximate surface area is 112 Å². The lowest BCUT2D eigenvalue weighted by Gasteiger charge is -2.13. The molecule has 0 atom stereocenters. The monoisotopic (exact) mass is 267 g/mol. The van der Waals surface area contributed by atoms with Crippen molar-refractivity contribution >= 4 is 11.9 Å². The Morgan fingerprint density at radius 3 is 2.42 bits per heavy atom. The van der Waals surface area contributed by atoms with Crippen LogP contribution in [0.15, 0.2) is 0 Å². The zero-order valence-electron chi connectivity index (χ0n) is 11.4. The maximum absolute atomic E-state index is 9.28. The molecule has 0 saturated heterocycles. The highest BCUT2D eigenvalue weighted by Crippen LogP contribution is 2.44. The Kier molecular flexibility index (Phi) is 4.36. The summed E-state index contributed by atoms with van der Waals surface area (Å²) < 4.78 is 5.06.